The minimum absolute atomic E-state index is 0.165. The van der Waals surface area contributed by atoms with Crippen molar-refractivity contribution in [3.05, 3.63) is 35.9 Å². The smallest absolute Gasteiger partial charge is 0.237 e. The SMILES string of the molecule is Cc1nnc(S[C@H](C)C(=O)Nc2ccc(F)cc2)n1C. The number of nitrogens with one attached hydrogen (secondary N) is 1. The highest BCUT2D eigenvalue weighted by Crippen LogP contribution is 2.22. The number of rotatable bonds is 4. The Balaban J connectivity index is 1.98. The van der Waals surface area contributed by atoms with Crippen LogP contribution in [0.2, 0.25) is 0 Å². The first-order valence-corrected chi connectivity index (χ1v) is 6.94. The van der Waals surface area contributed by atoms with E-state index in [4.69, 9.17) is 0 Å². The van der Waals surface area contributed by atoms with Crippen molar-refractivity contribution in [3.8, 4) is 0 Å². The number of nitrogens with zero attached hydrogens (tertiary/aromatic N) is 3. The summed E-state index contributed by atoms with van der Waals surface area (Å²) in [4.78, 5) is 12.0. The summed E-state index contributed by atoms with van der Waals surface area (Å²) in [6.07, 6.45) is 0. The third kappa shape index (κ3) is 3.36. The highest BCUT2D eigenvalue weighted by atomic mass is 32.2. The fourth-order valence-corrected chi connectivity index (χ4v) is 2.34. The largest absolute Gasteiger partial charge is 0.325 e. The van der Waals surface area contributed by atoms with Gasteiger partial charge in [-0.25, -0.2) is 4.39 Å². The summed E-state index contributed by atoms with van der Waals surface area (Å²) in [6, 6.07) is 5.66. The van der Waals surface area contributed by atoms with E-state index in [1.165, 1.54) is 36.0 Å². The summed E-state index contributed by atoms with van der Waals surface area (Å²) < 4.78 is 14.6. The van der Waals surface area contributed by atoms with E-state index in [-0.39, 0.29) is 17.0 Å². The van der Waals surface area contributed by atoms with Gasteiger partial charge in [-0.05, 0) is 38.1 Å². The lowest BCUT2D eigenvalue weighted by Gasteiger charge is -2.11. The second-order valence-corrected chi connectivity index (χ2v) is 5.65. The van der Waals surface area contributed by atoms with Gasteiger partial charge in [0, 0.05) is 12.7 Å². The Morgan fingerprint density at radius 3 is 2.55 bits per heavy atom. The number of halogens is 1. The van der Waals surface area contributed by atoms with E-state index >= 15 is 0 Å². The lowest BCUT2D eigenvalue weighted by atomic mass is 10.3. The number of carbonyl (C=O) groups excluding carboxylic acids is 1. The van der Waals surface area contributed by atoms with Crippen molar-refractivity contribution in [2.75, 3.05) is 5.32 Å². The Hall–Kier alpha value is -1.89. The molecule has 1 atom stereocenters. The molecule has 0 spiro atoms. The molecular formula is C13H15FN4OS. The maximum atomic E-state index is 12.8. The highest BCUT2D eigenvalue weighted by molar-refractivity contribution is 8.00. The standard InChI is InChI=1S/C13H15FN4OS/c1-8(20-13-17-16-9(2)18(13)3)12(19)15-11-6-4-10(14)5-7-11/h4-8H,1-3H3,(H,15,19)/t8-/m1/s1. The summed E-state index contributed by atoms with van der Waals surface area (Å²) >= 11 is 1.32. The lowest BCUT2D eigenvalue weighted by molar-refractivity contribution is -0.115. The molecular weight excluding hydrogens is 279 g/mol. The number of aromatic nitrogens is 3. The molecule has 0 radical (unpaired) electrons. The van der Waals surface area contributed by atoms with E-state index in [9.17, 15) is 9.18 Å². The average molecular weight is 294 g/mol. The first kappa shape index (κ1) is 14.5. The molecule has 0 aliphatic heterocycles. The average Bonchev–Trinajstić information content (AvgIpc) is 2.73. The summed E-state index contributed by atoms with van der Waals surface area (Å²) in [5.74, 6) is 0.292. The van der Waals surface area contributed by atoms with Gasteiger partial charge in [0.2, 0.25) is 5.91 Å². The minimum Gasteiger partial charge on any atom is -0.325 e. The Morgan fingerprint density at radius 2 is 2.00 bits per heavy atom. The molecule has 0 aliphatic carbocycles. The monoisotopic (exact) mass is 294 g/mol. The summed E-state index contributed by atoms with van der Waals surface area (Å²) in [6.45, 7) is 3.63. The molecule has 1 aromatic carbocycles. The fourth-order valence-electron chi connectivity index (χ4n) is 1.48. The van der Waals surface area contributed by atoms with E-state index in [0.29, 0.717) is 10.8 Å². The third-order valence-electron chi connectivity index (χ3n) is 2.82. The van der Waals surface area contributed by atoms with E-state index in [0.717, 1.165) is 5.82 Å². The first-order chi connectivity index (χ1) is 9.47. The first-order valence-electron chi connectivity index (χ1n) is 6.06. The molecule has 7 heteroatoms. The van der Waals surface area contributed by atoms with Crippen LogP contribution in [-0.2, 0) is 11.8 Å². The van der Waals surface area contributed by atoms with Crippen molar-refractivity contribution in [1.82, 2.24) is 14.8 Å². The number of hydrogen-bond acceptors (Lipinski definition) is 4. The van der Waals surface area contributed by atoms with Crippen LogP contribution >= 0.6 is 11.8 Å². The van der Waals surface area contributed by atoms with Gasteiger partial charge in [-0.3, -0.25) is 4.79 Å². The van der Waals surface area contributed by atoms with Crippen LogP contribution in [0.1, 0.15) is 12.7 Å². The van der Waals surface area contributed by atoms with Gasteiger partial charge in [0.25, 0.3) is 0 Å². The Kier molecular flexibility index (Phi) is 4.39. The molecule has 1 heterocycles. The molecule has 106 valence electrons. The number of benzene rings is 1. The van der Waals surface area contributed by atoms with Crippen molar-refractivity contribution in [2.24, 2.45) is 7.05 Å². The van der Waals surface area contributed by atoms with Gasteiger partial charge in [0.05, 0.1) is 5.25 Å². The summed E-state index contributed by atoms with van der Waals surface area (Å²) in [5.41, 5.74) is 0.568. The zero-order valence-corrected chi connectivity index (χ0v) is 12.2. The van der Waals surface area contributed by atoms with E-state index in [1.54, 1.807) is 6.92 Å². The molecule has 1 N–H and O–H groups in total. The Bertz CT molecular complexity index is 611. The van der Waals surface area contributed by atoms with E-state index < -0.39 is 0 Å². The number of aryl methyl sites for hydroxylation is 1. The normalized spacial score (nSPS) is 12.2. The number of anilines is 1. The van der Waals surface area contributed by atoms with Crippen LogP contribution in [0.15, 0.2) is 29.4 Å². The second kappa shape index (κ2) is 6.04. The fraction of sp³-hybridized carbons (Fsp3) is 0.308. The summed E-state index contributed by atoms with van der Waals surface area (Å²) in [5, 5.41) is 11.0. The van der Waals surface area contributed by atoms with Gasteiger partial charge < -0.3 is 9.88 Å². The van der Waals surface area contributed by atoms with Crippen molar-refractivity contribution in [2.45, 2.75) is 24.3 Å². The van der Waals surface area contributed by atoms with Gasteiger partial charge in [-0.1, -0.05) is 11.8 Å². The number of hydrogen-bond donors (Lipinski definition) is 1. The van der Waals surface area contributed by atoms with Crippen molar-refractivity contribution in [1.29, 1.82) is 0 Å². The molecule has 0 saturated heterocycles. The molecule has 0 saturated carbocycles. The van der Waals surface area contributed by atoms with Gasteiger partial charge in [-0.15, -0.1) is 10.2 Å². The third-order valence-corrected chi connectivity index (χ3v) is 3.95. The molecule has 2 aromatic rings. The molecule has 0 aliphatic rings. The summed E-state index contributed by atoms with van der Waals surface area (Å²) in [7, 11) is 1.85. The van der Waals surface area contributed by atoms with Gasteiger partial charge in [-0.2, -0.15) is 0 Å². The van der Waals surface area contributed by atoms with Gasteiger partial charge in [0.1, 0.15) is 11.6 Å². The van der Waals surface area contributed by atoms with E-state index in [2.05, 4.69) is 15.5 Å². The molecule has 2 rings (SSSR count). The predicted molar refractivity (Wildman–Crippen MR) is 76.1 cm³/mol. The molecule has 0 bridgehead atoms. The van der Waals surface area contributed by atoms with Crippen molar-refractivity contribution < 1.29 is 9.18 Å². The second-order valence-electron chi connectivity index (χ2n) is 4.35. The predicted octanol–water partition coefficient (Wildman–Crippen LogP) is 2.38. The number of thioether (sulfide) groups is 1. The number of amides is 1. The van der Waals surface area contributed by atoms with Gasteiger partial charge in [0.15, 0.2) is 5.16 Å². The zero-order valence-electron chi connectivity index (χ0n) is 11.4. The maximum Gasteiger partial charge on any atom is 0.237 e. The molecule has 20 heavy (non-hydrogen) atoms. The van der Waals surface area contributed by atoms with E-state index in [1.807, 2.05) is 18.5 Å². The number of carbonyl (C=O) groups is 1. The van der Waals surface area contributed by atoms with Crippen LogP contribution in [0.4, 0.5) is 10.1 Å². The molecule has 5 nitrogen and oxygen atoms in total. The lowest BCUT2D eigenvalue weighted by Crippen LogP contribution is -2.22. The Morgan fingerprint density at radius 1 is 1.35 bits per heavy atom. The van der Waals surface area contributed by atoms with Crippen molar-refractivity contribution in [3.63, 3.8) is 0 Å². The molecule has 0 unspecified atom stereocenters. The minimum atomic E-state index is -0.333. The van der Waals surface area contributed by atoms with Crippen LogP contribution in [0, 0.1) is 12.7 Å². The van der Waals surface area contributed by atoms with Crippen LogP contribution in [0.25, 0.3) is 0 Å². The van der Waals surface area contributed by atoms with Crippen molar-refractivity contribution >= 4 is 23.4 Å². The van der Waals surface area contributed by atoms with Crippen LogP contribution in [0.3, 0.4) is 0 Å². The topological polar surface area (TPSA) is 59.8 Å². The molecule has 1 amide bonds. The maximum absolute atomic E-state index is 12.8. The zero-order chi connectivity index (χ0) is 14.7. The molecule has 0 fully saturated rings. The van der Waals surface area contributed by atoms with Crippen LogP contribution in [0.5, 0.6) is 0 Å². The quantitative estimate of drug-likeness (QED) is 0.880. The van der Waals surface area contributed by atoms with Crippen LogP contribution in [-0.4, -0.2) is 25.9 Å². The van der Waals surface area contributed by atoms with Crippen LogP contribution < -0.4 is 5.32 Å². The highest BCUT2D eigenvalue weighted by Gasteiger charge is 2.18. The van der Waals surface area contributed by atoms with Gasteiger partial charge >= 0.3 is 0 Å². The molecule has 1 aromatic heterocycles. The Labute approximate surface area is 120 Å².